The highest BCUT2D eigenvalue weighted by molar-refractivity contribution is 5.57. The number of nitrogens with zero attached hydrogens (tertiary/aromatic N) is 4. The first kappa shape index (κ1) is 15.2. The van der Waals surface area contributed by atoms with Gasteiger partial charge in [-0.3, -0.25) is 0 Å². The lowest BCUT2D eigenvalue weighted by molar-refractivity contribution is 0.392. The Bertz CT molecular complexity index is 610. The van der Waals surface area contributed by atoms with Gasteiger partial charge in [-0.05, 0) is 25.8 Å². The lowest BCUT2D eigenvalue weighted by Gasteiger charge is -2.16. The molecule has 0 unspecified atom stereocenters. The summed E-state index contributed by atoms with van der Waals surface area (Å²) in [6, 6.07) is 3.57. The molecule has 2 rings (SSSR count). The second-order valence-corrected chi connectivity index (χ2v) is 5.04. The number of anilines is 1. The van der Waals surface area contributed by atoms with Gasteiger partial charge >= 0.3 is 0 Å². The van der Waals surface area contributed by atoms with E-state index in [0.717, 1.165) is 23.6 Å². The Kier molecular flexibility index (Phi) is 4.67. The minimum absolute atomic E-state index is 0.357. The van der Waals surface area contributed by atoms with Gasteiger partial charge in [-0.15, -0.1) is 10.2 Å². The van der Waals surface area contributed by atoms with Gasteiger partial charge in [0.05, 0.1) is 7.11 Å². The fourth-order valence-electron chi connectivity index (χ4n) is 2.24. The van der Waals surface area contributed by atoms with Gasteiger partial charge in [0.25, 0.3) is 0 Å². The molecule has 0 aliphatic rings. The summed E-state index contributed by atoms with van der Waals surface area (Å²) in [6.45, 7) is 9.13. The van der Waals surface area contributed by atoms with E-state index in [4.69, 9.17) is 4.74 Å². The van der Waals surface area contributed by atoms with Gasteiger partial charge in [-0.25, -0.2) is 9.97 Å². The van der Waals surface area contributed by atoms with Crippen molar-refractivity contribution in [3.05, 3.63) is 23.4 Å². The predicted molar refractivity (Wildman–Crippen MR) is 82.6 cm³/mol. The van der Waals surface area contributed by atoms with Gasteiger partial charge in [0, 0.05) is 23.9 Å². The van der Waals surface area contributed by atoms with Crippen LogP contribution < -0.4 is 10.1 Å². The first-order valence-corrected chi connectivity index (χ1v) is 7.07. The van der Waals surface area contributed by atoms with Crippen molar-refractivity contribution in [2.75, 3.05) is 19.0 Å². The molecule has 0 saturated heterocycles. The van der Waals surface area contributed by atoms with E-state index in [0.29, 0.717) is 23.3 Å². The van der Waals surface area contributed by atoms with Crippen molar-refractivity contribution in [2.24, 2.45) is 0 Å². The van der Waals surface area contributed by atoms with E-state index in [1.165, 1.54) is 0 Å². The Hall–Kier alpha value is -2.24. The van der Waals surface area contributed by atoms with Crippen LogP contribution in [0.4, 0.5) is 5.82 Å². The van der Waals surface area contributed by atoms with Crippen LogP contribution in [0.3, 0.4) is 0 Å². The summed E-state index contributed by atoms with van der Waals surface area (Å²) in [5, 5.41) is 11.4. The molecule has 21 heavy (non-hydrogen) atoms. The summed E-state index contributed by atoms with van der Waals surface area (Å²) in [4.78, 5) is 9.17. The van der Waals surface area contributed by atoms with Crippen LogP contribution in [0.1, 0.15) is 37.9 Å². The van der Waals surface area contributed by atoms with E-state index in [2.05, 4.69) is 46.3 Å². The zero-order chi connectivity index (χ0) is 15.4. The molecular formula is C15H21N5O. The normalized spacial score (nSPS) is 10.8. The first-order valence-electron chi connectivity index (χ1n) is 7.07. The molecule has 0 radical (unpaired) electrons. The smallest absolute Gasteiger partial charge is 0.233 e. The maximum Gasteiger partial charge on any atom is 0.233 e. The van der Waals surface area contributed by atoms with Gasteiger partial charge in [-0.1, -0.05) is 13.8 Å². The zero-order valence-electron chi connectivity index (χ0n) is 13.1. The molecule has 0 fully saturated rings. The Morgan fingerprint density at radius 3 is 2.48 bits per heavy atom. The van der Waals surface area contributed by atoms with E-state index in [1.807, 2.05) is 13.0 Å². The second-order valence-electron chi connectivity index (χ2n) is 5.04. The summed E-state index contributed by atoms with van der Waals surface area (Å²) in [7, 11) is 1.56. The molecule has 2 aromatic rings. The molecule has 0 bridgehead atoms. The fourth-order valence-corrected chi connectivity index (χ4v) is 2.24. The summed E-state index contributed by atoms with van der Waals surface area (Å²) in [6.07, 6.45) is 0. The van der Waals surface area contributed by atoms with Gasteiger partial charge in [0.2, 0.25) is 5.88 Å². The third-order valence-corrected chi connectivity index (χ3v) is 3.14. The number of hydrogen-bond acceptors (Lipinski definition) is 6. The molecule has 0 amide bonds. The van der Waals surface area contributed by atoms with Crippen LogP contribution in [-0.2, 0) is 0 Å². The van der Waals surface area contributed by atoms with Crippen LogP contribution in [0.5, 0.6) is 5.88 Å². The van der Waals surface area contributed by atoms with Crippen LogP contribution >= 0.6 is 0 Å². The molecule has 1 N–H and O–H groups in total. The number of aromatic nitrogens is 4. The molecule has 0 spiro atoms. The lowest BCUT2D eigenvalue weighted by atomic mass is 10.0. The number of hydrogen-bond donors (Lipinski definition) is 1. The van der Waals surface area contributed by atoms with Crippen LogP contribution in [0.25, 0.3) is 11.5 Å². The SMILES string of the molecule is CCNc1nc(-c2ccc(OC)nn2)nc(C)c1C(C)C. The highest BCUT2D eigenvalue weighted by Crippen LogP contribution is 2.27. The van der Waals surface area contributed by atoms with Crippen molar-refractivity contribution in [1.82, 2.24) is 20.2 Å². The second kappa shape index (κ2) is 6.47. The fraction of sp³-hybridized carbons (Fsp3) is 0.467. The zero-order valence-corrected chi connectivity index (χ0v) is 13.1. The molecule has 0 aliphatic carbocycles. The third-order valence-electron chi connectivity index (χ3n) is 3.14. The van der Waals surface area contributed by atoms with E-state index < -0.39 is 0 Å². The largest absolute Gasteiger partial charge is 0.480 e. The van der Waals surface area contributed by atoms with Gasteiger partial charge in [0.15, 0.2) is 5.82 Å². The monoisotopic (exact) mass is 287 g/mol. The molecule has 0 aliphatic heterocycles. The Morgan fingerprint density at radius 2 is 1.95 bits per heavy atom. The minimum Gasteiger partial charge on any atom is -0.480 e. The Balaban J connectivity index is 2.49. The Labute approximate surface area is 125 Å². The van der Waals surface area contributed by atoms with Crippen LogP contribution in [0, 0.1) is 6.92 Å². The maximum absolute atomic E-state index is 5.01. The van der Waals surface area contributed by atoms with E-state index >= 15 is 0 Å². The Morgan fingerprint density at radius 1 is 1.19 bits per heavy atom. The highest BCUT2D eigenvalue weighted by atomic mass is 16.5. The van der Waals surface area contributed by atoms with Gasteiger partial charge < -0.3 is 10.1 Å². The summed E-state index contributed by atoms with van der Waals surface area (Å²) >= 11 is 0. The van der Waals surface area contributed by atoms with Crippen molar-refractivity contribution in [3.63, 3.8) is 0 Å². The first-order chi connectivity index (χ1) is 10.1. The number of aryl methyl sites for hydroxylation is 1. The van der Waals surface area contributed by atoms with Crippen LogP contribution in [0.2, 0.25) is 0 Å². The topological polar surface area (TPSA) is 72.8 Å². The number of nitrogens with one attached hydrogen (secondary N) is 1. The standard InChI is InChI=1S/C15H21N5O/c1-6-16-15-13(9(2)3)10(4)17-14(18-15)11-7-8-12(21-5)20-19-11/h7-9H,6H2,1-5H3,(H,16,17,18). The number of methoxy groups -OCH3 is 1. The van der Waals surface area contributed by atoms with Crippen molar-refractivity contribution < 1.29 is 4.74 Å². The summed E-state index contributed by atoms with van der Waals surface area (Å²) in [5.74, 6) is 2.27. The summed E-state index contributed by atoms with van der Waals surface area (Å²) in [5.41, 5.74) is 2.74. The van der Waals surface area contributed by atoms with Crippen LogP contribution in [-0.4, -0.2) is 33.8 Å². The van der Waals surface area contributed by atoms with Crippen molar-refractivity contribution in [3.8, 4) is 17.4 Å². The quantitative estimate of drug-likeness (QED) is 0.911. The van der Waals surface area contributed by atoms with E-state index in [9.17, 15) is 0 Å². The molecule has 0 saturated carbocycles. The molecule has 2 heterocycles. The maximum atomic E-state index is 5.01. The van der Waals surface area contributed by atoms with Gasteiger partial charge in [0.1, 0.15) is 11.5 Å². The average Bonchev–Trinajstić information content (AvgIpc) is 2.46. The highest BCUT2D eigenvalue weighted by Gasteiger charge is 2.16. The number of rotatable bonds is 5. The van der Waals surface area contributed by atoms with Gasteiger partial charge in [-0.2, -0.15) is 0 Å². The third kappa shape index (κ3) is 3.26. The lowest BCUT2D eigenvalue weighted by Crippen LogP contribution is -2.10. The molecule has 0 aromatic carbocycles. The van der Waals surface area contributed by atoms with E-state index in [1.54, 1.807) is 13.2 Å². The molecule has 6 heteroatoms. The molecule has 6 nitrogen and oxygen atoms in total. The van der Waals surface area contributed by atoms with Crippen molar-refractivity contribution in [2.45, 2.75) is 33.6 Å². The predicted octanol–water partition coefficient (Wildman–Crippen LogP) is 2.81. The number of ether oxygens (including phenoxy) is 1. The summed E-state index contributed by atoms with van der Waals surface area (Å²) < 4.78 is 5.01. The van der Waals surface area contributed by atoms with Crippen molar-refractivity contribution in [1.29, 1.82) is 0 Å². The molecular weight excluding hydrogens is 266 g/mol. The molecule has 2 aromatic heterocycles. The minimum atomic E-state index is 0.357. The average molecular weight is 287 g/mol. The van der Waals surface area contributed by atoms with Crippen molar-refractivity contribution >= 4 is 5.82 Å². The molecule has 0 atom stereocenters. The molecule has 112 valence electrons. The van der Waals surface area contributed by atoms with E-state index in [-0.39, 0.29) is 0 Å². The van der Waals surface area contributed by atoms with Crippen LogP contribution in [0.15, 0.2) is 12.1 Å².